The van der Waals surface area contributed by atoms with Crippen LogP contribution in [0.1, 0.15) is 57.4 Å². The van der Waals surface area contributed by atoms with Crippen LogP contribution in [0.15, 0.2) is 0 Å². The predicted molar refractivity (Wildman–Crippen MR) is 87.0 cm³/mol. The second-order valence-corrected chi connectivity index (χ2v) is 6.00. The van der Waals surface area contributed by atoms with Gasteiger partial charge >= 0.3 is 0 Å². The highest BCUT2D eigenvalue weighted by atomic mass is 15.3. The first kappa shape index (κ1) is 15.7. The number of amidine groups is 1. The Labute approximate surface area is 127 Å². The lowest BCUT2D eigenvalue weighted by molar-refractivity contribution is 0.360. The van der Waals surface area contributed by atoms with Crippen molar-refractivity contribution in [3.63, 3.8) is 0 Å². The molecule has 0 aliphatic carbocycles. The molecule has 3 N–H and O–H groups in total. The predicted octanol–water partition coefficient (Wildman–Crippen LogP) is 2.51. The number of nitrogen functional groups attached to an aromatic ring is 1. The minimum absolute atomic E-state index is 0.108. The van der Waals surface area contributed by atoms with E-state index in [-0.39, 0.29) is 5.84 Å². The first-order chi connectivity index (χ1) is 10.0. The zero-order valence-corrected chi connectivity index (χ0v) is 13.6. The van der Waals surface area contributed by atoms with Crippen molar-refractivity contribution in [2.45, 2.75) is 59.4 Å². The number of nitrogens with zero attached hydrogens (tertiary/aromatic N) is 3. The largest absolute Gasteiger partial charge is 0.384 e. The summed E-state index contributed by atoms with van der Waals surface area (Å²) < 4.78 is 0. The zero-order chi connectivity index (χ0) is 15.6. The van der Waals surface area contributed by atoms with Gasteiger partial charge in [-0.3, -0.25) is 5.41 Å². The lowest BCUT2D eigenvalue weighted by atomic mass is 9.91. The molecule has 1 aromatic rings. The van der Waals surface area contributed by atoms with Crippen LogP contribution in [0.2, 0.25) is 0 Å². The summed E-state index contributed by atoms with van der Waals surface area (Å²) in [7, 11) is 0. The molecule has 1 aromatic heterocycles. The van der Waals surface area contributed by atoms with Gasteiger partial charge in [0.15, 0.2) is 5.82 Å². The highest BCUT2D eigenvalue weighted by Crippen LogP contribution is 2.31. The third-order valence-electron chi connectivity index (χ3n) is 4.74. The van der Waals surface area contributed by atoms with Crippen molar-refractivity contribution < 1.29 is 0 Å². The van der Waals surface area contributed by atoms with E-state index in [1.807, 2.05) is 0 Å². The van der Waals surface area contributed by atoms with Crippen LogP contribution in [-0.2, 0) is 12.8 Å². The summed E-state index contributed by atoms with van der Waals surface area (Å²) in [5, 5.41) is 16.9. The standard InChI is InChI=1S/C16H27N5/c1-5-12-13(6-2)19-20-16(14(12)15(17)18)21-9-7-8-10(3)11(21)4/h10-11H,5-9H2,1-4H3,(H3,17,18). The molecule has 2 atom stereocenters. The highest BCUT2D eigenvalue weighted by molar-refractivity contribution is 6.01. The van der Waals surface area contributed by atoms with Crippen molar-refractivity contribution >= 4 is 11.7 Å². The summed E-state index contributed by atoms with van der Waals surface area (Å²) >= 11 is 0. The Balaban J connectivity index is 2.55. The van der Waals surface area contributed by atoms with Gasteiger partial charge in [-0.15, -0.1) is 5.10 Å². The van der Waals surface area contributed by atoms with Crippen molar-refractivity contribution in [1.82, 2.24) is 10.2 Å². The molecule has 1 saturated heterocycles. The number of anilines is 1. The second-order valence-electron chi connectivity index (χ2n) is 6.00. The van der Waals surface area contributed by atoms with Crippen LogP contribution in [0.4, 0.5) is 5.82 Å². The summed E-state index contributed by atoms with van der Waals surface area (Å²) in [6.07, 6.45) is 4.05. The van der Waals surface area contributed by atoms with Crippen LogP contribution in [0.5, 0.6) is 0 Å². The number of aromatic nitrogens is 2. The summed E-state index contributed by atoms with van der Waals surface area (Å²) in [6, 6.07) is 0.406. The van der Waals surface area contributed by atoms with E-state index >= 15 is 0 Å². The number of nitrogens with two attached hydrogens (primary N) is 1. The molecular weight excluding hydrogens is 262 g/mol. The molecule has 5 nitrogen and oxygen atoms in total. The Bertz CT molecular complexity index is 526. The van der Waals surface area contributed by atoms with Crippen molar-refractivity contribution in [3.8, 4) is 0 Å². The smallest absolute Gasteiger partial charge is 0.162 e. The van der Waals surface area contributed by atoms with Crippen molar-refractivity contribution in [1.29, 1.82) is 5.41 Å². The SMILES string of the molecule is CCc1nnc(N2CCCC(C)C2C)c(C(=N)N)c1CC. The van der Waals surface area contributed by atoms with E-state index < -0.39 is 0 Å². The van der Waals surface area contributed by atoms with E-state index in [1.165, 1.54) is 6.42 Å². The van der Waals surface area contributed by atoms with Crippen LogP contribution < -0.4 is 10.6 Å². The molecule has 0 radical (unpaired) electrons. The molecule has 21 heavy (non-hydrogen) atoms. The van der Waals surface area contributed by atoms with E-state index in [9.17, 15) is 0 Å². The van der Waals surface area contributed by atoms with Crippen molar-refractivity contribution in [3.05, 3.63) is 16.8 Å². The van der Waals surface area contributed by atoms with E-state index in [1.54, 1.807) is 0 Å². The number of rotatable bonds is 4. The van der Waals surface area contributed by atoms with Gasteiger partial charge in [0.2, 0.25) is 0 Å². The van der Waals surface area contributed by atoms with Gasteiger partial charge < -0.3 is 10.6 Å². The summed E-state index contributed by atoms with van der Waals surface area (Å²) in [5.41, 5.74) is 8.73. The Morgan fingerprint density at radius 3 is 2.57 bits per heavy atom. The van der Waals surface area contributed by atoms with Crippen LogP contribution >= 0.6 is 0 Å². The van der Waals surface area contributed by atoms with Gasteiger partial charge in [-0.2, -0.15) is 5.10 Å². The number of nitrogens with one attached hydrogen (secondary N) is 1. The van der Waals surface area contributed by atoms with E-state index in [0.29, 0.717) is 12.0 Å². The molecule has 0 amide bonds. The van der Waals surface area contributed by atoms with Gasteiger partial charge in [0, 0.05) is 12.6 Å². The monoisotopic (exact) mass is 289 g/mol. The average Bonchev–Trinajstić information content (AvgIpc) is 2.48. The van der Waals surface area contributed by atoms with Gasteiger partial charge in [-0.25, -0.2) is 0 Å². The molecule has 2 unspecified atom stereocenters. The van der Waals surface area contributed by atoms with Gasteiger partial charge in [0.1, 0.15) is 5.84 Å². The Hall–Kier alpha value is -1.65. The molecular formula is C16H27N5. The lowest BCUT2D eigenvalue weighted by Crippen LogP contribution is -2.44. The molecule has 5 heteroatoms. The van der Waals surface area contributed by atoms with Crippen LogP contribution in [0.25, 0.3) is 0 Å². The minimum Gasteiger partial charge on any atom is -0.384 e. The Morgan fingerprint density at radius 2 is 2.00 bits per heavy atom. The van der Waals surface area contributed by atoms with Gasteiger partial charge in [0.05, 0.1) is 11.3 Å². The zero-order valence-electron chi connectivity index (χ0n) is 13.6. The van der Waals surface area contributed by atoms with Crippen LogP contribution in [0.3, 0.4) is 0 Å². The topological polar surface area (TPSA) is 78.9 Å². The summed E-state index contributed by atoms with van der Waals surface area (Å²) in [6.45, 7) is 9.63. The van der Waals surface area contributed by atoms with E-state index in [0.717, 1.165) is 48.4 Å². The first-order valence-electron chi connectivity index (χ1n) is 8.00. The fourth-order valence-electron chi connectivity index (χ4n) is 3.28. The quantitative estimate of drug-likeness (QED) is 0.659. The molecule has 1 fully saturated rings. The maximum atomic E-state index is 8.01. The second kappa shape index (κ2) is 6.41. The fraction of sp³-hybridized carbons (Fsp3) is 0.688. The fourth-order valence-corrected chi connectivity index (χ4v) is 3.28. The van der Waals surface area contributed by atoms with Crippen LogP contribution in [0, 0.1) is 11.3 Å². The number of hydrogen-bond acceptors (Lipinski definition) is 4. The maximum absolute atomic E-state index is 8.01. The van der Waals surface area contributed by atoms with E-state index in [4.69, 9.17) is 11.1 Å². The molecule has 1 aliphatic rings. The van der Waals surface area contributed by atoms with Gasteiger partial charge in [-0.05, 0) is 44.1 Å². The number of hydrogen-bond donors (Lipinski definition) is 2. The van der Waals surface area contributed by atoms with E-state index in [2.05, 4.69) is 42.8 Å². The molecule has 1 aliphatic heterocycles. The molecule has 0 bridgehead atoms. The third kappa shape index (κ3) is 2.87. The Kier molecular flexibility index (Phi) is 4.80. The highest BCUT2D eigenvalue weighted by Gasteiger charge is 2.29. The average molecular weight is 289 g/mol. The normalized spacial score (nSPS) is 22.4. The van der Waals surface area contributed by atoms with Gasteiger partial charge in [0.25, 0.3) is 0 Å². The van der Waals surface area contributed by atoms with Gasteiger partial charge in [-0.1, -0.05) is 20.8 Å². The molecule has 2 rings (SSSR count). The maximum Gasteiger partial charge on any atom is 0.162 e. The lowest BCUT2D eigenvalue weighted by Gasteiger charge is -2.39. The number of piperidine rings is 1. The Morgan fingerprint density at radius 1 is 1.29 bits per heavy atom. The molecule has 0 aromatic carbocycles. The first-order valence-corrected chi connectivity index (χ1v) is 8.00. The summed E-state index contributed by atoms with van der Waals surface area (Å²) in [4.78, 5) is 2.29. The third-order valence-corrected chi connectivity index (χ3v) is 4.74. The molecule has 116 valence electrons. The van der Waals surface area contributed by atoms with Crippen molar-refractivity contribution in [2.75, 3.05) is 11.4 Å². The molecule has 0 saturated carbocycles. The van der Waals surface area contributed by atoms with Crippen LogP contribution in [-0.4, -0.2) is 28.6 Å². The number of aryl methyl sites for hydroxylation is 1. The molecule has 0 spiro atoms. The summed E-state index contributed by atoms with van der Waals surface area (Å²) in [5.74, 6) is 1.53. The minimum atomic E-state index is 0.108. The van der Waals surface area contributed by atoms with Crippen molar-refractivity contribution in [2.24, 2.45) is 11.7 Å². The molecule has 2 heterocycles.